The molecule has 3 amide bonds. The lowest BCUT2D eigenvalue weighted by Crippen LogP contribution is -2.32. The van der Waals surface area contributed by atoms with E-state index in [0.29, 0.717) is 13.0 Å². The Bertz CT molecular complexity index is 640. The lowest BCUT2D eigenvalue weighted by atomic mass is 10.1. The van der Waals surface area contributed by atoms with Gasteiger partial charge in [-0.2, -0.15) is 0 Å². The van der Waals surface area contributed by atoms with Crippen LogP contribution in [0.1, 0.15) is 11.1 Å². The van der Waals surface area contributed by atoms with Crippen molar-refractivity contribution in [2.75, 3.05) is 0 Å². The van der Waals surface area contributed by atoms with Gasteiger partial charge in [0, 0.05) is 6.42 Å². The molecule has 0 radical (unpaired) electrons. The number of nitrogens with zero attached hydrogens (tertiary/aromatic N) is 1. The molecule has 1 N–H and O–H groups in total. The van der Waals surface area contributed by atoms with Gasteiger partial charge in [-0.3, -0.25) is 9.69 Å². The number of rotatable bonds is 4. The van der Waals surface area contributed by atoms with Crippen molar-refractivity contribution < 1.29 is 9.59 Å². The van der Waals surface area contributed by atoms with Crippen LogP contribution in [0.2, 0.25) is 0 Å². The van der Waals surface area contributed by atoms with Gasteiger partial charge < -0.3 is 5.32 Å². The van der Waals surface area contributed by atoms with Gasteiger partial charge in [0.2, 0.25) is 0 Å². The van der Waals surface area contributed by atoms with Gasteiger partial charge in [0.1, 0.15) is 6.04 Å². The maximum Gasteiger partial charge on any atom is 0.325 e. The van der Waals surface area contributed by atoms with Crippen molar-refractivity contribution in [1.82, 2.24) is 10.2 Å². The van der Waals surface area contributed by atoms with E-state index in [1.165, 1.54) is 4.90 Å². The normalized spacial score (nSPS) is 17.9. The summed E-state index contributed by atoms with van der Waals surface area (Å²) < 4.78 is 0. The molecular weight excluding hydrogens is 264 g/mol. The van der Waals surface area contributed by atoms with Gasteiger partial charge in [0.05, 0.1) is 6.54 Å². The van der Waals surface area contributed by atoms with Gasteiger partial charge in [-0.05, 0) is 11.1 Å². The van der Waals surface area contributed by atoms with Crippen LogP contribution in [0.25, 0.3) is 0 Å². The van der Waals surface area contributed by atoms with Crippen LogP contribution in [0.3, 0.4) is 0 Å². The topological polar surface area (TPSA) is 49.4 Å². The first-order valence-electron chi connectivity index (χ1n) is 6.94. The number of carbonyl (C=O) groups excluding carboxylic acids is 2. The van der Waals surface area contributed by atoms with Crippen molar-refractivity contribution in [3.05, 3.63) is 71.8 Å². The summed E-state index contributed by atoms with van der Waals surface area (Å²) in [5, 5.41) is 2.76. The van der Waals surface area contributed by atoms with Gasteiger partial charge in [0.25, 0.3) is 5.91 Å². The van der Waals surface area contributed by atoms with E-state index >= 15 is 0 Å². The summed E-state index contributed by atoms with van der Waals surface area (Å²) in [6, 6.07) is 18.4. The third-order valence-corrected chi connectivity index (χ3v) is 3.57. The fourth-order valence-corrected chi connectivity index (χ4v) is 2.48. The van der Waals surface area contributed by atoms with Crippen LogP contribution in [-0.4, -0.2) is 22.9 Å². The van der Waals surface area contributed by atoms with Crippen molar-refractivity contribution >= 4 is 11.9 Å². The average Bonchev–Trinajstić information content (AvgIpc) is 2.77. The molecule has 1 atom stereocenters. The molecule has 0 aliphatic carbocycles. The van der Waals surface area contributed by atoms with Crippen molar-refractivity contribution in [2.45, 2.75) is 19.0 Å². The number of hydrogen-bond donors (Lipinski definition) is 1. The van der Waals surface area contributed by atoms with Crippen LogP contribution in [0.4, 0.5) is 4.79 Å². The lowest BCUT2D eigenvalue weighted by Gasteiger charge is -2.13. The minimum absolute atomic E-state index is 0.160. The molecule has 2 aromatic rings. The molecule has 1 unspecified atom stereocenters. The number of amides is 3. The SMILES string of the molecule is O=C1NC(Cc2ccccc2)C(=O)N1Cc1ccccc1. The standard InChI is InChI=1S/C17H16N2O2/c20-16-15(11-13-7-3-1-4-8-13)18-17(21)19(16)12-14-9-5-2-6-10-14/h1-10,15H,11-12H2,(H,18,21). The summed E-state index contributed by atoms with van der Waals surface area (Å²) in [6.07, 6.45) is 0.525. The van der Waals surface area contributed by atoms with E-state index in [4.69, 9.17) is 0 Å². The number of carbonyl (C=O) groups is 2. The Kier molecular flexibility index (Phi) is 3.69. The number of urea groups is 1. The first-order chi connectivity index (χ1) is 10.2. The number of hydrogen-bond acceptors (Lipinski definition) is 2. The van der Waals surface area contributed by atoms with Gasteiger partial charge in [0.15, 0.2) is 0 Å². The quantitative estimate of drug-likeness (QED) is 0.874. The predicted octanol–water partition coefficient (Wildman–Crippen LogP) is 2.35. The zero-order valence-electron chi connectivity index (χ0n) is 11.5. The Morgan fingerprint density at radius 2 is 1.43 bits per heavy atom. The molecule has 0 saturated carbocycles. The Morgan fingerprint density at radius 3 is 2.05 bits per heavy atom. The molecule has 21 heavy (non-hydrogen) atoms. The number of benzene rings is 2. The van der Waals surface area contributed by atoms with Gasteiger partial charge >= 0.3 is 6.03 Å². The molecule has 0 bridgehead atoms. The van der Waals surface area contributed by atoms with Gasteiger partial charge in [-0.1, -0.05) is 60.7 Å². The second-order valence-electron chi connectivity index (χ2n) is 5.10. The van der Waals surface area contributed by atoms with E-state index in [2.05, 4.69) is 5.32 Å². The highest BCUT2D eigenvalue weighted by Crippen LogP contribution is 2.15. The van der Waals surface area contributed by atoms with Crippen molar-refractivity contribution in [1.29, 1.82) is 0 Å². The average molecular weight is 280 g/mol. The molecule has 1 aliphatic rings. The second kappa shape index (κ2) is 5.79. The van der Waals surface area contributed by atoms with E-state index < -0.39 is 6.04 Å². The molecule has 4 heteroatoms. The first-order valence-corrected chi connectivity index (χ1v) is 6.94. The fraction of sp³-hybridized carbons (Fsp3) is 0.176. The molecule has 3 rings (SSSR count). The molecule has 4 nitrogen and oxygen atoms in total. The van der Waals surface area contributed by atoms with Crippen molar-refractivity contribution in [2.24, 2.45) is 0 Å². The lowest BCUT2D eigenvalue weighted by molar-refractivity contribution is -0.127. The Morgan fingerprint density at radius 1 is 0.857 bits per heavy atom. The van der Waals surface area contributed by atoms with E-state index in [0.717, 1.165) is 11.1 Å². The zero-order chi connectivity index (χ0) is 14.7. The maximum absolute atomic E-state index is 12.4. The highest BCUT2D eigenvalue weighted by molar-refractivity contribution is 6.04. The third kappa shape index (κ3) is 2.94. The molecular formula is C17H16N2O2. The third-order valence-electron chi connectivity index (χ3n) is 3.57. The van der Waals surface area contributed by atoms with Gasteiger partial charge in [-0.25, -0.2) is 4.79 Å². The summed E-state index contributed by atoms with van der Waals surface area (Å²) in [6.45, 7) is 0.316. The van der Waals surface area contributed by atoms with Crippen LogP contribution in [0.5, 0.6) is 0 Å². The zero-order valence-corrected chi connectivity index (χ0v) is 11.5. The van der Waals surface area contributed by atoms with Crippen LogP contribution in [0, 0.1) is 0 Å². The summed E-state index contributed by atoms with van der Waals surface area (Å²) in [5.41, 5.74) is 1.99. The van der Waals surface area contributed by atoms with Crippen molar-refractivity contribution in [3.63, 3.8) is 0 Å². The minimum atomic E-state index is -0.469. The van der Waals surface area contributed by atoms with Crippen LogP contribution < -0.4 is 5.32 Å². The first kappa shape index (κ1) is 13.4. The molecule has 106 valence electrons. The molecule has 0 spiro atoms. The van der Waals surface area contributed by atoms with E-state index in [1.807, 2.05) is 60.7 Å². The van der Waals surface area contributed by atoms with E-state index in [-0.39, 0.29) is 11.9 Å². The number of imide groups is 1. The summed E-state index contributed by atoms with van der Waals surface area (Å²) in [4.78, 5) is 25.6. The Labute approximate surface area is 123 Å². The Hall–Kier alpha value is -2.62. The monoisotopic (exact) mass is 280 g/mol. The van der Waals surface area contributed by atoms with E-state index in [9.17, 15) is 9.59 Å². The molecule has 1 fully saturated rings. The van der Waals surface area contributed by atoms with Crippen molar-refractivity contribution in [3.8, 4) is 0 Å². The second-order valence-corrected chi connectivity index (χ2v) is 5.10. The van der Waals surface area contributed by atoms with Crippen LogP contribution >= 0.6 is 0 Å². The molecule has 1 aliphatic heterocycles. The highest BCUT2D eigenvalue weighted by Gasteiger charge is 2.37. The predicted molar refractivity (Wildman–Crippen MR) is 79.5 cm³/mol. The van der Waals surface area contributed by atoms with E-state index in [1.54, 1.807) is 0 Å². The summed E-state index contributed by atoms with van der Waals surface area (Å²) in [7, 11) is 0. The molecule has 0 aromatic heterocycles. The van der Waals surface area contributed by atoms with Gasteiger partial charge in [-0.15, -0.1) is 0 Å². The molecule has 1 heterocycles. The molecule has 2 aromatic carbocycles. The number of nitrogens with one attached hydrogen (secondary N) is 1. The summed E-state index contributed by atoms with van der Waals surface area (Å²) in [5.74, 6) is -0.160. The molecule has 1 saturated heterocycles. The maximum atomic E-state index is 12.4. The highest BCUT2D eigenvalue weighted by atomic mass is 16.2. The van der Waals surface area contributed by atoms with Crippen LogP contribution in [-0.2, 0) is 17.8 Å². The Balaban J connectivity index is 1.70. The summed E-state index contributed by atoms with van der Waals surface area (Å²) >= 11 is 0. The largest absolute Gasteiger partial charge is 0.325 e. The minimum Gasteiger partial charge on any atom is -0.325 e. The van der Waals surface area contributed by atoms with Crippen LogP contribution in [0.15, 0.2) is 60.7 Å². The smallest absolute Gasteiger partial charge is 0.325 e. The fourth-order valence-electron chi connectivity index (χ4n) is 2.48.